The van der Waals surface area contributed by atoms with Gasteiger partial charge in [0.25, 0.3) is 5.69 Å². The summed E-state index contributed by atoms with van der Waals surface area (Å²) in [4.78, 5) is 12.4. The molecule has 0 saturated heterocycles. The zero-order valence-corrected chi connectivity index (χ0v) is 12.1. The van der Waals surface area contributed by atoms with Gasteiger partial charge in [0.15, 0.2) is 0 Å². The molecule has 0 radical (unpaired) electrons. The monoisotopic (exact) mass is 283 g/mol. The molecule has 0 spiro atoms. The summed E-state index contributed by atoms with van der Waals surface area (Å²) in [5.41, 5.74) is 0.646. The first-order valence-corrected chi connectivity index (χ1v) is 6.32. The summed E-state index contributed by atoms with van der Waals surface area (Å²) in [6.45, 7) is 2.65. The summed E-state index contributed by atoms with van der Waals surface area (Å²) in [6, 6.07) is 4.58. The van der Waals surface area contributed by atoms with E-state index in [0.717, 1.165) is 6.54 Å². The molecule has 0 amide bonds. The Bertz CT molecular complexity index is 438. The number of likely N-dealkylation sites (N-methyl/N-ethyl adjacent to an activating group) is 1. The summed E-state index contributed by atoms with van der Waals surface area (Å²) in [7, 11) is 5.45. The predicted octanol–water partition coefficient (Wildman–Crippen LogP) is 1.59. The molecule has 0 atom stereocenters. The predicted molar refractivity (Wildman–Crippen MR) is 77.5 cm³/mol. The fraction of sp³-hybridized carbons (Fsp3) is 0.538. The van der Waals surface area contributed by atoms with E-state index in [-0.39, 0.29) is 5.69 Å². The van der Waals surface area contributed by atoms with E-state index in [9.17, 15) is 10.1 Å². The summed E-state index contributed by atoms with van der Waals surface area (Å²) >= 11 is 0. The van der Waals surface area contributed by atoms with E-state index in [1.54, 1.807) is 6.07 Å². The maximum Gasteiger partial charge on any atom is 0.275 e. The third-order valence-electron chi connectivity index (χ3n) is 2.60. The van der Waals surface area contributed by atoms with Crippen LogP contribution in [0.5, 0.6) is 5.75 Å². The molecule has 7 nitrogen and oxygen atoms in total. The molecule has 7 heteroatoms. The summed E-state index contributed by atoms with van der Waals surface area (Å²) in [5.74, 6) is 0.454. The van der Waals surface area contributed by atoms with Crippen molar-refractivity contribution in [2.75, 3.05) is 52.8 Å². The van der Waals surface area contributed by atoms with E-state index in [4.69, 9.17) is 9.47 Å². The average Bonchev–Trinajstić information content (AvgIpc) is 2.41. The number of methoxy groups -OCH3 is 1. The molecule has 1 rings (SSSR count). The maximum atomic E-state index is 10.8. The van der Waals surface area contributed by atoms with E-state index in [1.807, 2.05) is 19.0 Å². The van der Waals surface area contributed by atoms with Crippen LogP contribution in [0.1, 0.15) is 0 Å². The summed E-state index contributed by atoms with van der Waals surface area (Å²) in [6.07, 6.45) is 0. The minimum absolute atomic E-state index is 0.000348. The van der Waals surface area contributed by atoms with Crippen LogP contribution in [0.25, 0.3) is 0 Å². The van der Waals surface area contributed by atoms with Gasteiger partial charge in [-0.05, 0) is 14.1 Å². The third-order valence-corrected chi connectivity index (χ3v) is 2.60. The Hall–Kier alpha value is -1.86. The van der Waals surface area contributed by atoms with Crippen molar-refractivity contribution in [1.82, 2.24) is 4.90 Å². The average molecular weight is 283 g/mol. The zero-order chi connectivity index (χ0) is 15.0. The third kappa shape index (κ3) is 5.85. The van der Waals surface area contributed by atoms with Gasteiger partial charge in [-0.3, -0.25) is 10.1 Å². The van der Waals surface area contributed by atoms with Crippen molar-refractivity contribution in [3.05, 3.63) is 28.3 Å². The molecule has 0 fully saturated rings. The second-order valence-corrected chi connectivity index (χ2v) is 4.52. The van der Waals surface area contributed by atoms with Crippen molar-refractivity contribution in [2.45, 2.75) is 0 Å². The van der Waals surface area contributed by atoms with Crippen molar-refractivity contribution in [3.63, 3.8) is 0 Å². The number of nitro benzene ring substituents is 1. The summed E-state index contributed by atoms with van der Waals surface area (Å²) < 4.78 is 10.5. The van der Waals surface area contributed by atoms with Crippen molar-refractivity contribution in [1.29, 1.82) is 0 Å². The number of anilines is 1. The fourth-order valence-corrected chi connectivity index (χ4v) is 1.53. The number of nitro groups is 1. The Morgan fingerprint density at radius 3 is 2.65 bits per heavy atom. The van der Waals surface area contributed by atoms with Crippen molar-refractivity contribution in [2.24, 2.45) is 0 Å². The van der Waals surface area contributed by atoms with Gasteiger partial charge >= 0.3 is 0 Å². The van der Waals surface area contributed by atoms with Crippen LogP contribution in [0.3, 0.4) is 0 Å². The molecule has 0 aliphatic rings. The van der Waals surface area contributed by atoms with Crippen LogP contribution in [0.4, 0.5) is 11.4 Å². The van der Waals surface area contributed by atoms with E-state index in [2.05, 4.69) is 5.32 Å². The second-order valence-electron chi connectivity index (χ2n) is 4.52. The molecule has 20 heavy (non-hydrogen) atoms. The number of benzene rings is 1. The van der Waals surface area contributed by atoms with Gasteiger partial charge in [-0.15, -0.1) is 0 Å². The molecule has 0 heterocycles. The molecule has 0 aromatic heterocycles. The highest BCUT2D eigenvalue weighted by atomic mass is 16.6. The van der Waals surface area contributed by atoms with Gasteiger partial charge in [-0.1, -0.05) is 0 Å². The second kappa shape index (κ2) is 8.34. The lowest BCUT2D eigenvalue weighted by Gasteiger charge is -2.11. The lowest BCUT2D eigenvalue weighted by atomic mass is 10.2. The number of hydrogen-bond acceptors (Lipinski definition) is 6. The van der Waals surface area contributed by atoms with Crippen molar-refractivity contribution < 1.29 is 14.4 Å². The maximum absolute atomic E-state index is 10.8. The highest BCUT2D eigenvalue weighted by molar-refractivity contribution is 5.56. The first kappa shape index (κ1) is 16.2. The molecule has 0 unspecified atom stereocenters. The first-order valence-electron chi connectivity index (χ1n) is 6.32. The zero-order valence-electron chi connectivity index (χ0n) is 12.1. The molecule has 0 saturated carbocycles. The quantitative estimate of drug-likeness (QED) is 0.421. The summed E-state index contributed by atoms with van der Waals surface area (Å²) in [5, 5.41) is 13.9. The number of nitrogens with zero attached hydrogens (tertiary/aromatic N) is 2. The number of hydrogen-bond donors (Lipinski definition) is 1. The first-order chi connectivity index (χ1) is 9.52. The van der Waals surface area contributed by atoms with Crippen LogP contribution in [0.2, 0.25) is 0 Å². The van der Waals surface area contributed by atoms with E-state index in [1.165, 1.54) is 19.2 Å². The Morgan fingerprint density at radius 2 is 2.05 bits per heavy atom. The van der Waals surface area contributed by atoms with E-state index >= 15 is 0 Å². The molecule has 112 valence electrons. The number of rotatable bonds is 9. The van der Waals surface area contributed by atoms with Gasteiger partial charge in [0.05, 0.1) is 31.3 Å². The van der Waals surface area contributed by atoms with E-state index < -0.39 is 4.92 Å². The molecular weight excluding hydrogens is 262 g/mol. The van der Waals surface area contributed by atoms with Crippen LogP contribution < -0.4 is 10.1 Å². The molecule has 1 N–H and O–H groups in total. The van der Waals surface area contributed by atoms with Gasteiger partial charge < -0.3 is 19.7 Å². The highest BCUT2D eigenvalue weighted by Gasteiger charge is 2.09. The largest absolute Gasteiger partial charge is 0.496 e. The van der Waals surface area contributed by atoms with Gasteiger partial charge in [-0.2, -0.15) is 0 Å². The Labute approximate surface area is 118 Å². The Morgan fingerprint density at radius 1 is 1.30 bits per heavy atom. The smallest absolute Gasteiger partial charge is 0.275 e. The van der Waals surface area contributed by atoms with E-state index in [0.29, 0.717) is 31.2 Å². The Kier molecular flexibility index (Phi) is 6.75. The lowest BCUT2D eigenvalue weighted by Crippen LogP contribution is -2.20. The van der Waals surface area contributed by atoms with Gasteiger partial charge in [-0.25, -0.2) is 0 Å². The van der Waals surface area contributed by atoms with Crippen molar-refractivity contribution in [3.8, 4) is 5.75 Å². The molecule has 0 aliphatic heterocycles. The van der Waals surface area contributed by atoms with Crippen LogP contribution in [-0.4, -0.2) is 57.3 Å². The van der Waals surface area contributed by atoms with Gasteiger partial charge in [0.1, 0.15) is 5.75 Å². The molecular formula is C13H21N3O4. The SMILES string of the molecule is COc1cc(NCCOCCN(C)C)cc([N+](=O)[O-])c1. The standard InChI is InChI=1S/C13H21N3O4/c1-15(2)5-7-20-6-4-14-11-8-12(16(17)18)10-13(9-11)19-3/h8-10,14H,4-7H2,1-3H3. The van der Waals surface area contributed by atoms with Gasteiger partial charge in [0.2, 0.25) is 0 Å². The molecule has 0 aliphatic carbocycles. The highest BCUT2D eigenvalue weighted by Crippen LogP contribution is 2.25. The van der Waals surface area contributed by atoms with Crippen LogP contribution in [-0.2, 0) is 4.74 Å². The fourth-order valence-electron chi connectivity index (χ4n) is 1.53. The topological polar surface area (TPSA) is 76.9 Å². The van der Waals surface area contributed by atoms with Crippen molar-refractivity contribution >= 4 is 11.4 Å². The van der Waals surface area contributed by atoms with Gasteiger partial charge in [0, 0.05) is 30.9 Å². The minimum atomic E-state index is -0.443. The van der Waals surface area contributed by atoms with Crippen LogP contribution in [0, 0.1) is 10.1 Å². The van der Waals surface area contributed by atoms with Crippen LogP contribution >= 0.6 is 0 Å². The Balaban J connectivity index is 2.43. The van der Waals surface area contributed by atoms with Crippen LogP contribution in [0.15, 0.2) is 18.2 Å². The molecule has 0 bridgehead atoms. The minimum Gasteiger partial charge on any atom is -0.496 e. The molecule has 1 aromatic carbocycles. The number of ether oxygens (including phenoxy) is 2. The molecule has 1 aromatic rings. The normalized spacial score (nSPS) is 10.6. The number of non-ortho nitro benzene ring substituents is 1. The lowest BCUT2D eigenvalue weighted by molar-refractivity contribution is -0.384. The number of nitrogens with one attached hydrogen (secondary N) is 1.